The number of hydrogen-bond acceptors (Lipinski definition) is 6. The molecule has 8 nitrogen and oxygen atoms in total. The Kier molecular flexibility index (Phi) is 7.66. The van der Waals surface area contributed by atoms with Crippen molar-refractivity contribution in [3.8, 4) is 11.5 Å². The Labute approximate surface area is 210 Å². The van der Waals surface area contributed by atoms with E-state index in [0.717, 1.165) is 18.6 Å². The van der Waals surface area contributed by atoms with Crippen LogP contribution in [0.4, 0.5) is 10.5 Å². The maximum atomic E-state index is 12.5. The van der Waals surface area contributed by atoms with Gasteiger partial charge in [0.15, 0.2) is 11.2 Å². The van der Waals surface area contributed by atoms with Crippen molar-refractivity contribution in [2.45, 2.75) is 62.5 Å². The highest BCUT2D eigenvalue weighted by molar-refractivity contribution is 7.80. The minimum Gasteiger partial charge on any atom is -0.457 e. The van der Waals surface area contributed by atoms with Crippen LogP contribution in [0, 0.1) is 0 Å². The van der Waals surface area contributed by atoms with Crippen molar-refractivity contribution in [3.05, 3.63) is 54.6 Å². The number of ether oxygens (including phenoxy) is 4. The van der Waals surface area contributed by atoms with Crippen LogP contribution < -0.4 is 20.7 Å². The van der Waals surface area contributed by atoms with Gasteiger partial charge in [-0.1, -0.05) is 37.5 Å². The van der Waals surface area contributed by atoms with Crippen LogP contribution in [0.25, 0.3) is 0 Å². The lowest BCUT2D eigenvalue weighted by Crippen LogP contribution is -2.50. The number of para-hydroxylation sites is 1. The number of rotatable bonds is 6. The van der Waals surface area contributed by atoms with Gasteiger partial charge in [0.25, 0.3) is 0 Å². The van der Waals surface area contributed by atoms with Gasteiger partial charge in [0.05, 0.1) is 19.3 Å². The van der Waals surface area contributed by atoms with Crippen LogP contribution >= 0.6 is 12.2 Å². The van der Waals surface area contributed by atoms with Crippen molar-refractivity contribution in [2.24, 2.45) is 0 Å². The van der Waals surface area contributed by atoms with Crippen LogP contribution in [0.3, 0.4) is 0 Å². The molecule has 2 aromatic rings. The van der Waals surface area contributed by atoms with E-state index in [9.17, 15) is 4.79 Å². The molecule has 2 heterocycles. The molecule has 0 bridgehead atoms. The summed E-state index contributed by atoms with van der Waals surface area (Å²) in [5.41, 5.74) is 0.608. The van der Waals surface area contributed by atoms with Crippen molar-refractivity contribution in [1.29, 1.82) is 0 Å². The maximum absolute atomic E-state index is 12.5. The Bertz CT molecular complexity index is 1000. The van der Waals surface area contributed by atoms with E-state index in [0.29, 0.717) is 29.2 Å². The molecule has 2 aliphatic heterocycles. The zero-order chi connectivity index (χ0) is 24.0. The summed E-state index contributed by atoms with van der Waals surface area (Å²) in [6, 6.07) is 17.0. The molecule has 3 N–H and O–H groups in total. The minimum atomic E-state index is -0.550. The van der Waals surface area contributed by atoms with Crippen molar-refractivity contribution in [1.82, 2.24) is 10.6 Å². The Balaban J connectivity index is 1.07. The third kappa shape index (κ3) is 6.22. The van der Waals surface area contributed by atoms with Crippen LogP contribution in [0.1, 0.15) is 32.1 Å². The van der Waals surface area contributed by atoms with Gasteiger partial charge < -0.3 is 29.6 Å². The summed E-state index contributed by atoms with van der Waals surface area (Å²) in [6.45, 7) is 0.736. The zero-order valence-corrected chi connectivity index (χ0v) is 20.3. The average molecular weight is 498 g/mol. The molecule has 1 saturated carbocycles. The number of anilines is 1. The molecule has 3 aliphatic rings. The molecular formula is C26H31N3O5S. The van der Waals surface area contributed by atoms with Gasteiger partial charge in [0.1, 0.15) is 23.7 Å². The topological polar surface area (TPSA) is 90.1 Å². The molecule has 186 valence electrons. The first-order valence-electron chi connectivity index (χ1n) is 12.2. The lowest BCUT2D eigenvalue weighted by atomic mass is 9.96. The predicted molar refractivity (Wildman–Crippen MR) is 136 cm³/mol. The van der Waals surface area contributed by atoms with Crippen LogP contribution in [-0.4, -0.2) is 54.8 Å². The van der Waals surface area contributed by atoms with E-state index >= 15 is 0 Å². The van der Waals surface area contributed by atoms with Crippen molar-refractivity contribution in [2.75, 3.05) is 18.5 Å². The summed E-state index contributed by atoms with van der Waals surface area (Å²) >= 11 is 5.51. The van der Waals surface area contributed by atoms with Gasteiger partial charge in [0, 0.05) is 11.7 Å². The van der Waals surface area contributed by atoms with Crippen LogP contribution in [-0.2, 0) is 14.2 Å². The number of nitrogens with one attached hydrogen (secondary N) is 3. The van der Waals surface area contributed by atoms with Crippen LogP contribution in [0.15, 0.2) is 54.6 Å². The smallest absolute Gasteiger partial charge is 0.412 e. The fourth-order valence-corrected chi connectivity index (χ4v) is 5.17. The van der Waals surface area contributed by atoms with E-state index in [4.69, 9.17) is 31.2 Å². The van der Waals surface area contributed by atoms with Gasteiger partial charge in [0.2, 0.25) is 0 Å². The molecule has 0 unspecified atom stereocenters. The molecule has 1 amide bonds. The zero-order valence-electron chi connectivity index (χ0n) is 19.5. The molecule has 1 aliphatic carbocycles. The van der Waals surface area contributed by atoms with Crippen LogP contribution in [0.5, 0.6) is 11.5 Å². The first-order valence-corrected chi connectivity index (χ1v) is 12.7. The summed E-state index contributed by atoms with van der Waals surface area (Å²) in [7, 11) is 0. The molecule has 0 aromatic heterocycles. The molecule has 35 heavy (non-hydrogen) atoms. The van der Waals surface area contributed by atoms with Gasteiger partial charge in [-0.3, -0.25) is 5.32 Å². The Morgan fingerprint density at radius 1 is 0.857 bits per heavy atom. The first kappa shape index (κ1) is 23.8. The maximum Gasteiger partial charge on any atom is 0.412 e. The molecule has 9 heteroatoms. The van der Waals surface area contributed by atoms with E-state index in [1.165, 1.54) is 19.3 Å². The Hall–Kier alpha value is -2.88. The first-order chi connectivity index (χ1) is 17.1. The number of hydrogen-bond donors (Lipinski definition) is 3. The summed E-state index contributed by atoms with van der Waals surface area (Å²) in [6.07, 6.45) is 4.53. The fourth-order valence-electron chi connectivity index (χ4n) is 4.85. The summed E-state index contributed by atoms with van der Waals surface area (Å²) in [5, 5.41) is 10.1. The number of carbonyl (C=O) groups is 1. The molecule has 2 saturated heterocycles. The number of carbonyl (C=O) groups excluding carboxylic acids is 1. The molecule has 4 atom stereocenters. The van der Waals surface area contributed by atoms with Crippen molar-refractivity contribution >= 4 is 29.1 Å². The third-order valence-electron chi connectivity index (χ3n) is 6.60. The van der Waals surface area contributed by atoms with Gasteiger partial charge in [-0.05, 0) is 61.5 Å². The second kappa shape index (κ2) is 11.2. The Morgan fingerprint density at radius 3 is 2.34 bits per heavy atom. The number of thiocarbonyl (C=S) groups is 1. The van der Waals surface area contributed by atoms with E-state index in [1.54, 1.807) is 24.3 Å². The Morgan fingerprint density at radius 2 is 1.57 bits per heavy atom. The summed E-state index contributed by atoms with van der Waals surface area (Å²) in [5.74, 6) is 1.43. The molecule has 2 aromatic carbocycles. The van der Waals surface area contributed by atoms with Crippen LogP contribution in [0.2, 0.25) is 0 Å². The highest BCUT2D eigenvalue weighted by Gasteiger charge is 2.49. The average Bonchev–Trinajstić information content (AvgIpc) is 3.45. The molecular weight excluding hydrogens is 466 g/mol. The fraction of sp³-hybridized carbons (Fsp3) is 0.462. The number of benzene rings is 2. The molecule has 5 rings (SSSR count). The van der Waals surface area contributed by atoms with Gasteiger partial charge in [-0.25, -0.2) is 4.79 Å². The summed E-state index contributed by atoms with van der Waals surface area (Å²) in [4.78, 5) is 12.5. The van der Waals surface area contributed by atoms with Crippen molar-refractivity contribution < 1.29 is 23.7 Å². The number of amides is 1. The van der Waals surface area contributed by atoms with E-state index < -0.39 is 12.2 Å². The molecule has 0 radical (unpaired) electrons. The van der Waals surface area contributed by atoms with Gasteiger partial charge in [-0.2, -0.15) is 0 Å². The lowest BCUT2D eigenvalue weighted by Gasteiger charge is -2.26. The van der Waals surface area contributed by atoms with Gasteiger partial charge >= 0.3 is 6.09 Å². The highest BCUT2D eigenvalue weighted by Crippen LogP contribution is 2.29. The molecule has 0 spiro atoms. The standard InChI is InChI=1S/C26H31N3O5S/c30-26(28-18-11-13-20(14-12-18)33-19-9-5-2-6-10-19)34-22-16-32-23-21(15-31-24(22)23)29-25(35)27-17-7-3-1-4-8-17/h2,5-6,9-14,17,21-24H,1,3-4,7-8,15-16H2,(H,28,30)(H2,27,29,35)/t21-,22-,23-,24+/m0/s1. The third-order valence-corrected chi connectivity index (χ3v) is 6.84. The second-order valence-corrected chi connectivity index (χ2v) is 9.57. The normalized spacial score (nSPS) is 25.9. The van der Waals surface area contributed by atoms with Gasteiger partial charge in [-0.15, -0.1) is 0 Å². The minimum absolute atomic E-state index is 0.0718. The SMILES string of the molecule is O=C(Nc1ccc(Oc2ccccc2)cc1)O[C@H]1CO[C@@H]2[C@@H]1OC[C@@H]2NC(=S)NC1CCCCC1. The van der Waals surface area contributed by atoms with E-state index in [2.05, 4.69) is 16.0 Å². The van der Waals surface area contributed by atoms with E-state index in [1.807, 2.05) is 30.3 Å². The second-order valence-electron chi connectivity index (χ2n) is 9.16. The van der Waals surface area contributed by atoms with E-state index in [-0.39, 0.29) is 24.9 Å². The number of fused-ring (bicyclic) bond motifs is 1. The summed E-state index contributed by atoms with van der Waals surface area (Å²) < 4.78 is 23.2. The highest BCUT2D eigenvalue weighted by atomic mass is 32.1. The quantitative estimate of drug-likeness (QED) is 0.508. The van der Waals surface area contributed by atoms with Crippen molar-refractivity contribution in [3.63, 3.8) is 0 Å². The predicted octanol–water partition coefficient (Wildman–Crippen LogP) is 4.36. The monoisotopic (exact) mass is 497 g/mol. The lowest BCUT2D eigenvalue weighted by molar-refractivity contribution is 0.00879. The largest absolute Gasteiger partial charge is 0.457 e. The molecule has 3 fully saturated rings.